The van der Waals surface area contributed by atoms with E-state index in [0.717, 1.165) is 36.0 Å². The van der Waals surface area contributed by atoms with Crippen molar-refractivity contribution in [2.24, 2.45) is 0 Å². The van der Waals surface area contributed by atoms with Crippen LogP contribution in [-0.2, 0) is 22.6 Å². The van der Waals surface area contributed by atoms with E-state index in [1.54, 1.807) is 0 Å². The Balaban J connectivity index is 1.25. The van der Waals surface area contributed by atoms with Gasteiger partial charge in [-0.05, 0) is 42.0 Å². The minimum Gasteiger partial charge on any atom is -0.362 e. The number of aromatic nitrogens is 1. The molecule has 1 aliphatic rings. The van der Waals surface area contributed by atoms with Crippen molar-refractivity contribution < 1.29 is 9.59 Å². The first-order valence-corrected chi connectivity index (χ1v) is 9.65. The number of nitrogens with one attached hydrogen (secondary N) is 2. The summed E-state index contributed by atoms with van der Waals surface area (Å²) in [4.78, 5) is 26.4. The first kappa shape index (κ1) is 18.1. The summed E-state index contributed by atoms with van der Waals surface area (Å²) in [5.41, 5.74) is 8.54. The van der Waals surface area contributed by atoms with Gasteiger partial charge in [-0.1, -0.05) is 36.4 Å². The summed E-state index contributed by atoms with van der Waals surface area (Å²) in [6.07, 6.45) is 4.34. The monoisotopic (exact) mass is 376 g/mol. The number of carbonyl (C=O) groups is 2. The van der Waals surface area contributed by atoms with Crippen molar-refractivity contribution in [3.05, 3.63) is 66.4 Å². The smallest absolute Gasteiger partial charge is 0.257 e. The number of benzene rings is 2. The number of aryl methyl sites for hydroxylation is 2. The standard InChI is InChI=1S/C22H24N4O2/c27-21(12-15-25-14-11-18-7-2-3-9-19(18)25)23-24-22(28)16-26-13-5-8-17-6-1-4-10-20(17)26/h1-4,6-7,9-11,14H,5,8,12-13,15-16H2,(H,23,27)(H,24,28). The van der Waals surface area contributed by atoms with E-state index in [1.165, 1.54) is 5.56 Å². The van der Waals surface area contributed by atoms with Crippen molar-refractivity contribution >= 4 is 28.4 Å². The van der Waals surface area contributed by atoms with Gasteiger partial charge in [0.25, 0.3) is 5.91 Å². The molecule has 0 aliphatic carbocycles. The summed E-state index contributed by atoms with van der Waals surface area (Å²) < 4.78 is 2.04. The van der Waals surface area contributed by atoms with Crippen LogP contribution in [0.5, 0.6) is 0 Å². The molecule has 2 N–H and O–H groups in total. The number of para-hydroxylation sites is 2. The van der Waals surface area contributed by atoms with Gasteiger partial charge in [-0.25, -0.2) is 0 Å². The van der Waals surface area contributed by atoms with Crippen LogP contribution in [0.15, 0.2) is 60.8 Å². The van der Waals surface area contributed by atoms with Gasteiger partial charge in [-0.15, -0.1) is 0 Å². The minimum atomic E-state index is -0.212. The Morgan fingerprint density at radius 1 is 0.929 bits per heavy atom. The SMILES string of the molecule is O=C(CCn1ccc2ccccc21)NNC(=O)CN1CCCc2ccccc21. The van der Waals surface area contributed by atoms with Crippen LogP contribution in [0.2, 0.25) is 0 Å². The molecule has 2 aromatic carbocycles. The van der Waals surface area contributed by atoms with Crippen LogP contribution < -0.4 is 15.8 Å². The highest BCUT2D eigenvalue weighted by molar-refractivity contribution is 5.85. The molecular weight excluding hydrogens is 352 g/mol. The van der Waals surface area contributed by atoms with Crippen molar-refractivity contribution in [3.8, 4) is 0 Å². The zero-order chi connectivity index (χ0) is 19.3. The fraction of sp³-hybridized carbons (Fsp3) is 0.273. The van der Waals surface area contributed by atoms with Gasteiger partial charge in [0.05, 0.1) is 6.54 Å². The van der Waals surface area contributed by atoms with Crippen molar-refractivity contribution in [1.82, 2.24) is 15.4 Å². The third-order valence-corrected chi connectivity index (χ3v) is 5.14. The Kier molecular flexibility index (Phi) is 5.28. The highest BCUT2D eigenvalue weighted by Gasteiger charge is 2.18. The zero-order valence-corrected chi connectivity index (χ0v) is 15.7. The van der Waals surface area contributed by atoms with Crippen molar-refractivity contribution in [2.45, 2.75) is 25.8 Å². The Labute approximate surface area is 164 Å². The lowest BCUT2D eigenvalue weighted by molar-refractivity contribution is -0.128. The van der Waals surface area contributed by atoms with E-state index in [4.69, 9.17) is 0 Å². The predicted molar refractivity (Wildman–Crippen MR) is 110 cm³/mol. The molecule has 0 radical (unpaired) electrons. The van der Waals surface area contributed by atoms with Crippen LogP contribution in [-0.4, -0.2) is 29.5 Å². The van der Waals surface area contributed by atoms with E-state index in [-0.39, 0.29) is 18.4 Å². The summed E-state index contributed by atoms with van der Waals surface area (Å²) in [5.74, 6) is -0.415. The average molecular weight is 376 g/mol. The lowest BCUT2D eigenvalue weighted by Crippen LogP contribution is -2.47. The highest BCUT2D eigenvalue weighted by Crippen LogP contribution is 2.26. The van der Waals surface area contributed by atoms with Crippen molar-refractivity contribution in [2.75, 3.05) is 18.0 Å². The molecule has 1 aliphatic heterocycles. The molecule has 0 spiro atoms. The molecule has 3 aromatic rings. The van der Waals surface area contributed by atoms with Crippen LogP contribution in [0.4, 0.5) is 5.69 Å². The Bertz CT molecular complexity index is 995. The van der Waals surface area contributed by atoms with Crippen LogP contribution in [0, 0.1) is 0 Å². The van der Waals surface area contributed by atoms with Crippen LogP contribution in [0.3, 0.4) is 0 Å². The Morgan fingerprint density at radius 3 is 2.64 bits per heavy atom. The Morgan fingerprint density at radius 2 is 1.71 bits per heavy atom. The molecule has 2 heterocycles. The molecular formula is C22H24N4O2. The van der Waals surface area contributed by atoms with E-state index < -0.39 is 0 Å². The van der Waals surface area contributed by atoms with Gasteiger partial charge in [0.1, 0.15) is 0 Å². The molecule has 0 unspecified atom stereocenters. The molecule has 6 heteroatoms. The maximum Gasteiger partial charge on any atom is 0.257 e. The number of carbonyl (C=O) groups excluding carboxylic acids is 2. The fourth-order valence-corrected chi connectivity index (χ4v) is 3.75. The number of amides is 2. The molecule has 0 fully saturated rings. The van der Waals surface area contributed by atoms with Gasteiger partial charge >= 0.3 is 0 Å². The van der Waals surface area contributed by atoms with E-state index in [9.17, 15) is 9.59 Å². The van der Waals surface area contributed by atoms with E-state index in [0.29, 0.717) is 13.0 Å². The fourth-order valence-electron chi connectivity index (χ4n) is 3.75. The zero-order valence-electron chi connectivity index (χ0n) is 15.7. The molecule has 1 aromatic heterocycles. The number of anilines is 1. The molecule has 4 rings (SSSR count). The maximum absolute atomic E-state index is 12.3. The number of rotatable bonds is 5. The second kappa shape index (κ2) is 8.17. The van der Waals surface area contributed by atoms with E-state index in [2.05, 4.69) is 21.8 Å². The summed E-state index contributed by atoms with van der Waals surface area (Å²) in [6.45, 7) is 1.65. The van der Waals surface area contributed by atoms with Gasteiger partial charge in [-0.3, -0.25) is 20.4 Å². The summed E-state index contributed by atoms with van der Waals surface area (Å²) in [7, 11) is 0. The van der Waals surface area contributed by atoms with Gasteiger partial charge < -0.3 is 9.47 Å². The number of hydrogen-bond acceptors (Lipinski definition) is 3. The van der Waals surface area contributed by atoms with Gasteiger partial charge in [0.2, 0.25) is 5.91 Å². The number of nitrogens with zero attached hydrogens (tertiary/aromatic N) is 2. The first-order valence-electron chi connectivity index (χ1n) is 9.65. The number of hydrazine groups is 1. The number of fused-ring (bicyclic) bond motifs is 2. The first-order chi connectivity index (χ1) is 13.7. The second-order valence-electron chi connectivity index (χ2n) is 7.07. The van der Waals surface area contributed by atoms with Gasteiger partial charge in [0.15, 0.2) is 0 Å². The largest absolute Gasteiger partial charge is 0.362 e. The predicted octanol–water partition coefficient (Wildman–Crippen LogP) is 2.63. The lowest BCUT2D eigenvalue weighted by atomic mass is 10.0. The third-order valence-electron chi connectivity index (χ3n) is 5.14. The van der Waals surface area contributed by atoms with Gasteiger partial charge in [-0.2, -0.15) is 0 Å². The van der Waals surface area contributed by atoms with Gasteiger partial charge in [0, 0.05) is 36.9 Å². The molecule has 6 nitrogen and oxygen atoms in total. The van der Waals surface area contributed by atoms with E-state index in [1.807, 2.05) is 59.3 Å². The molecule has 144 valence electrons. The van der Waals surface area contributed by atoms with Crippen LogP contribution in [0.25, 0.3) is 10.9 Å². The molecule has 0 saturated carbocycles. The molecule has 0 atom stereocenters. The number of hydrogen-bond donors (Lipinski definition) is 2. The third kappa shape index (κ3) is 4.01. The second-order valence-corrected chi connectivity index (χ2v) is 7.07. The average Bonchev–Trinajstić information content (AvgIpc) is 3.14. The molecule has 0 bridgehead atoms. The normalized spacial score (nSPS) is 13.2. The topological polar surface area (TPSA) is 66.4 Å². The summed E-state index contributed by atoms with van der Waals surface area (Å²) >= 11 is 0. The quantitative estimate of drug-likeness (QED) is 0.673. The van der Waals surface area contributed by atoms with Crippen LogP contribution >= 0.6 is 0 Å². The van der Waals surface area contributed by atoms with E-state index >= 15 is 0 Å². The Hall–Kier alpha value is -3.28. The maximum atomic E-state index is 12.3. The van der Waals surface area contributed by atoms with Crippen molar-refractivity contribution in [3.63, 3.8) is 0 Å². The summed E-state index contributed by atoms with van der Waals surface area (Å²) in [6, 6.07) is 18.3. The van der Waals surface area contributed by atoms with Crippen molar-refractivity contribution in [1.29, 1.82) is 0 Å². The lowest BCUT2D eigenvalue weighted by Gasteiger charge is -2.30. The minimum absolute atomic E-state index is 0.204. The highest BCUT2D eigenvalue weighted by atomic mass is 16.2. The molecule has 2 amide bonds. The molecule has 28 heavy (non-hydrogen) atoms. The van der Waals surface area contributed by atoms with Crippen LogP contribution in [0.1, 0.15) is 18.4 Å². The molecule has 0 saturated heterocycles. The summed E-state index contributed by atoms with van der Waals surface area (Å²) in [5, 5.41) is 1.15.